The van der Waals surface area contributed by atoms with Crippen LogP contribution in [0.4, 0.5) is 0 Å². The fourth-order valence-electron chi connectivity index (χ4n) is 4.18. The van der Waals surface area contributed by atoms with Crippen molar-refractivity contribution in [3.63, 3.8) is 0 Å². The van der Waals surface area contributed by atoms with Gasteiger partial charge < -0.3 is 19.0 Å². The van der Waals surface area contributed by atoms with Crippen molar-refractivity contribution in [3.05, 3.63) is 72.8 Å². The van der Waals surface area contributed by atoms with Crippen LogP contribution in [0.25, 0.3) is 0 Å². The SMILES string of the molecule is COC(=O)CC1C=CC(O)C(CO[Si](c2ccccc2)(c2ccccc2)C(C)(C)C)O1. The van der Waals surface area contributed by atoms with Gasteiger partial charge in [-0.1, -0.05) is 93.6 Å². The van der Waals surface area contributed by atoms with E-state index in [1.165, 1.54) is 17.5 Å². The number of methoxy groups -OCH3 is 1. The van der Waals surface area contributed by atoms with Crippen LogP contribution in [0.2, 0.25) is 5.04 Å². The lowest BCUT2D eigenvalue weighted by atomic mass is 10.1. The molecule has 0 saturated heterocycles. The van der Waals surface area contributed by atoms with Gasteiger partial charge in [-0.3, -0.25) is 4.79 Å². The van der Waals surface area contributed by atoms with E-state index in [0.717, 1.165) is 0 Å². The average Bonchev–Trinajstić information content (AvgIpc) is 2.76. The van der Waals surface area contributed by atoms with Crippen molar-refractivity contribution < 1.29 is 23.8 Å². The van der Waals surface area contributed by atoms with Crippen LogP contribution in [-0.2, 0) is 18.7 Å². The van der Waals surface area contributed by atoms with Gasteiger partial charge in [0, 0.05) is 0 Å². The number of hydrogen-bond acceptors (Lipinski definition) is 5. The van der Waals surface area contributed by atoms with Gasteiger partial charge in [0.25, 0.3) is 8.32 Å². The molecular formula is C25H32O5Si. The first-order chi connectivity index (χ1) is 14.8. The Morgan fingerprint density at radius 2 is 1.55 bits per heavy atom. The highest BCUT2D eigenvalue weighted by molar-refractivity contribution is 6.99. The monoisotopic (exact) mass is 440 g/mol. The summed E-state index contributed by atoms with van der Waals surface area (Å²) < 4.78 is 17.6. The molecule has 5 nitrogen and oxygen atoms in total. The van der Waals surface area contributed by atoms with Gasteiger partial charge in [0.2, 0.25) is 0 Å². The first-order valence-electron chi connectivity index (χ1n) is 10.6. The molecule has 166 valence electrons. The Bertz CT molecular complexity index is 836. The minimum absolute atomic E-state index is 0.107. The van der Waals surface area contributed by atoms with E-state index in [4.69, 9.17) is 13.9 Å². The third kappa shape index (κ3) is 5.15. The van der Waals surface area contributed by atoms with Crippen molar-refractivity contribution in [2.45, 2.75) is 50.5 Å². The molecule has 1 heterocycles. The van der Waals surface area contributed by atoms with E-state index >= 15 is 0 Å². The zero-order chi connectivity index (χ0) is 22.5. The molecule has 0 fully saturated rings. The van der Waals surface area contributed by atoms with Gasteiger partial charge >= 0.3 is 5.97 Å². The number of aliphatic hydroxyl groups is 1. The quantitative estimate of drug-likeness (QED) is 0.407. The molecule has 0 aromatic heterocycles. The molecule has 1 aliphatic heterocycles. The van der Waals surface area contributed by atoms with Gasteiger partial charge in [0.05, 0.1) is 26.2 Å². The summed E-state index contributed by atoms with van der Waals surface area (Å²) in [5.41, 5.74) is 0. The third-order valence-corrected chi connectivity index (χ3v) is 10.7. The van der Waals surface area contributed by atoms with Crippen molar-refractivity contribution >= 4 is 24.7 Å². The molecule has 3 rings (SSSR count). The minimum atomic E-state index is -2.73. The number of ether oxygens (including phenoxy) is 2. The lowest BCUT2D eigenvalue weighted by molar-refractivity contribution is -0.146. The molecule has 3 atom stereocenters. The second kappa shape index (κ2) is 9.91. The fraction of sp³-hybridized carbons (Fsp3) is 0.400. The van der Waals surface area contributed by atoms with Crippen molar-refractivity contribution in [1.82, 2.24) is 0 Å². The Kier molecular flexibility index (Phi) is 7.49. The molecule has 0 amide bonds. The maximum absolute atomic E-state index is 11.7. The lowest BCUT2D eigenvalue weighted by Crippen LogP contribution is -2.67. The number of esters is 1. The molecule has 0 bridgehead atoms. The Hall–Kier alpha value is -2.25. The summed E-state index contributed by atoms with van der Waals surface area (Å²) in [6.45, 7) is 6.84. The van der Waals surface area contributed by atoms with Gasteiger partial charge in [0.1, 0.15) is 12.2 Å². The highest BCUT2D eigenvalue weighted by atomic mass is 28.4. The highest BCUT2D eigenvalue weighted by Crippen LogP contribution is 2.37. The van der Waals surface area contributed by atoms with E-state index in [1.807, 2.05) is 36.4 Å². The molecule has 31 heavy (non-hydrogen) atoms. The molecule has 0 aliphatic carbocycles. The number of rotatable bonds is 7. The van der Waals surface area contributed by atoms with Crippen LogP contribution in [0.5, 0.6) is 0 Å². The van der Waals surface area contributed by atoms with Gasteiger partial charge in [-0.15, -0.1) is 0 Å². The van der Waals surface area contributed by atoms with E-state index < -0.39 is 26.6 Å². The fourth-order valence-corrected chi connectivity index (χ4v) is 8.75. The van der Waals surface area contributed by atoms with Gasteiger partial charge in [0.15, 0.2) is 0 Å². The zero-order valence-corrected chi connectivity index (χ0v) is 19.7. The van der Waals surface area contributed by atoms with Crippen molar-refractivity contribution in [3.8, 4) is 0 Å². The summed E-state index contributed by atoms with van der Waals surface area (Å²) in [5.74, 6) is -0.349. The standard InChI is InChI=1S/C25H32O5Si/c1-25(2,3)31(20-11-7-5-8-12-20,21-13-9-6-10-14-21)29-18-23-22(26)16-15-19(30-23)17-24(27)28-4/h5-16,19,22-23,26H,17-18H2,1-4H3. The summed E-state index contributed by atoms with van der Waals surface area (Å²) in [6.07, 6.45) is 1.68. The van der Waals surface area contributed by atoms with Crippen LogP contribution in [-0.4, -0.2) is 51.4 Å². The highest BCUT2D eigenvalue weighted by Gasteiger charge is 2.50. The first kappa shape index (κ1) is 23.4. The van der Waals surface area contributed by atoms with Gasteiger partial charge in [-0.2, -0.15) is 0 Å². The largest absolute Gasteiger partial charge is 0.469 e. The van der Waals surface area contributed by atoms with Crippen LogP contribution >= 0.6 is 0 Å². The van der Waals surface area contributed by atoms with Gasteiger partial charge in [-0.25, -0.2) is 0 Å². The third-order valence-electron chi connectivity index (χ3n) is 5.73. The molecule has 6 heteroatoms. The number of aliphatic hydroxyl groups excluding tert-OH is 1. The van der Waals surface area contributed by atoms with E-state index in [-0.39, 0.29) is 24.0 Å². The number of benzene rings is 2. The number of carbonyl (C=O) groups excluding carboxylic acids is 1. The van der Waals surface area contributed by atoms with Crippen LogP contribution in [0, 0.1) is 0 Å². The van der Waals surface area contributed by atoms with E-state index in [9.17, 15) is 9.90 Å². The molecule has 1 N–H and O–H groups in total. The molecule has 0 saturated carbocycles. The number of hydrogen-bond donors (Lipinski definition) is 1. The van der Waals surface area contributed by atoms with Crippen molar-refractivity contribution in [1.29, 1.82) is 0 Å². The van der Waals surface area contributed by atoms with Crippen LogP contribution in [0.15, 0.2) is 72.8 Å². The van der Waals surface area contributed by atoms with Crippen LogP contribution in [0.1, 0.15) is 27.2 Å². The summed E-state index contributed by atoms with van der Waals surface area (Å²) in [7, 11) is -1.38. The van der Waals surface area contributed by atoms with E-state index in [1.54, 1.807) is 12.2 Å². The Morgan fingerprint density at radius 1 is 1.00 bits per heavy atom. The first-order valence-corrected chi connectivity index (χ1v) is 12.5. The zero-order valence-electron chi connectivity index (χ0n) is 18.7. The Morgan fingerprint density at radius 3 is 2.03 bits per heavy atom. The molecule has 2 aromatic carbocycles. The summed E-state index contributed by atoms with van der Waals surface area (Å²) in [5, 5.41) is 12.7. The topological polar surface area (TPSA) is 65.0 Å². The molecular weight excluding hydrogens is 408 g/mol. The summed E-state index contributed by atoms with van der Waals surface area (Å²) in [6, 6.07) is 20.7. The Labute approximate surface area is 185 Å². The minimum Gasteiger partial charge on any atom is -0.469 e. The van der Waals surface area contributed by atoms with Crippen molar-refractivity contribution in [2.24, 2.45) is 0 Å². The maximum Gasteiger partial charge on any atom is 0.308 e. The van der Waals surface area contributed by atoms with E-state index in [2.05, 4.69) is 45.0 Å². The van der Waals surface area contributed by atoms with E-state index in [0.29, 0.717) is 0 Å². The second-order valence-corrected chi connectivity index (χ2v) is 13.1. The molecule has 0 radical (unpaired) electrons. The summed E-state index contributed by atoms with van der Waals surface area (Å²) >= 11 is 0. The average molecular weight is 441 g/mol. The van der Waals surface area contributed by atoms with Crippen LogP contribution < -0.4 is 10.4 Å². The number of carbonyl (C=O) groups is 1. The molecule has 2 aromatic rings. The smallest absolute Gasteiger partial charge is 0.308 e. The molecule has 0 spiro atoms. The molecule has 3 unspecified atom stereocenters. The Balaban J connectivity index is 1.93. The van der Waals surface area contributed by atoms with Gasteiger partial charge in [-0.05, 0) is 15.4 Å². The normalized spacial score (nSPS) is 21.6. The lowest BCUT2D eigenvalue weighted by Gasteiger charge is -2.44. The summed E-state index contributed by atoms with van der Waals surface area (Å²) in [4.78, 5) is 11.7. The van der Waals surface area contributed by atoms with Crippen LogP contribution in [0.3, 0.4) is 0 Å². The predicted molar refractivity (Wildman–Crippen MR) is 124 cm³/mol. The predicted octanol–water partition coefficient (Wildman–Crippen LogP) is 2.81. The van der Waals surface area contributed by atoms with Crippen molar-refractivity contribution in [2.75, 3.05) is 13.7 Å². The maximum atomic E-state index is 11.7. The molecule has 1 aliphatic rings. The second-order valence-electron chi connectivity index (χ2n) is 8.84.